The highest BCUT2D eigenvalue weighted by Crippen LogP contribution is 2.68. The van der Waals surface area contributed by atoms with Gasteiger partial charge in [-0.3, -0.25) is 4.79 Å². The molecular weight excluding hydrogens is 438 g/mol. The Labute approximate surface area is 212 Å². The van der Waals surface area contributed by atoms with Crippen molar-refractivity contribution in [3.63, 3.8) is 0 Å². The minimum absolute atomic E-state index is 0.171. The molecule has 0 radical (unpaired) electrons. The van der Waals surface area contributed by atoms with Crippen LogP contribution in [0.3, 0.4) is 0 Å². The van der Waals surface area contributed by atoms with E-state index in [1.165, 1.54) is 25.7 Å². The number of carbonyl (C=O) groups excluding carboxylic acids is 1. The van der Waals surface area contributed by atoms with Gasteiger partial charge in [0, 0.05) is 13.0 Å². The fourth-order valence-corrected chi connectivity index (χ4v) is 9.66. The second-order valence-electron chi connectivity index (χ2n) is 13.8. The first kappa shape index (κ1) is 25.6. The van der Waals surface area contributed by atoms with E-state index in [0.29, 0.717) is 41.9 Å². The molecule has 0 aromatic carbocycles. The van der Waals surface area contributed by atoms with Crippen molar-refractivity contribution in [2.45, 2.75) is 123 Å². The van der Waals surface area contributed by atoms with E-state index in [4.69, 9.17) is 0 Å². The molecule has 1 aliphatic heterocycles. The summed E-state index contributed by atoms with van der Waals surface area (Å²) in [5, 5.41) is 32.9. The molecule has 0 saturated heterocycles. The zero-order chi connectivity index (χ0) is 25.0. The summed E-state index contributed by atoms with van der Waals surface area (Å²) in [5.74, 6) is 3.43. The van der Waals surface area contributed by atoms with Gasteiger partial charge in [-0.1, -0.05) is 20.8 Å². The highest BCUT2D eigenvalue weighted by Gasteiger charge is 2.62. The number of rotatable bonds is 8. The van der Waals surface area contributed by atoms with Crippen molar-refractivity contribution in [2.24, 2.45) is 56.6 Å². The number of aliphatic hydroxyl groups excluding tert-OH is 2. The van der Waals surface area contributed by atoms with Gasteiger partial charge in [0.25, 0.3) is 0 Å². The number of hydrogen-bond acceptors (Lipinski definition) is 5. The number of amides is 1. The van der Waals surface area contributed by atoms with E-state index in [1.54, 1.807) is 0 Å². The van der Waals surface area contributed by atoms with Crippen LogP contribution in [0.15, 0.2) is 10.2 Å². The number of nitrogens with zero attached hydrogens (tertiary/aromatic N) is 2. The van der Waals surface area contributed by atoms with Crippen LogP contribution in [0.4, 0.5) is 0 Å². The highest BCUT2D eigenvalue weighted by atomic mass is 16.3. The summed E-state index contributed by atoms with van der Waals surface area (Å²) in [6.07, 6.45) is 11.8. The molecule has 6 heteroatoms. The first-order valence-electron chi connectivity index (χ1n) is 14.6. The predicted octanol–water partition coefficient (Wildman–Crippen LogP) is 5.47. The molecular formula is C29H49N3O3. The lowest BCUT2D eigenvalue weighted by molar-refractivity contribution is -0.174. The summed E-state index contributed by atoms with van der Waals surface area (Å²) in [6, 6.07) is 0. The second-order valence-corrected chi connectivity index (χ2v) is 13.8. The highest BCUT2D eigenvalue weighted by molar-refractivity contribution is 5.75. The van der Waals surface area contributed by atoms with Crippen molar-refractivity contribution in [1.29, 1.82) is 0 Å². The van der Waals surface area contributed by atoms with Crippen LogP contribution in [0.5, 0.6) is 0 Å². The molecule has 4 fully saturated rings. The van der Waals surface area contributed by atoms with E-state index in [9.17, 15) is 15.0 Å². The quantitative estimate of drug-likeness (QED) is 0.396. The Kier molecular flexibility index (Phi) is 6.87. The summed E-state index contributed by atoms with van der Waals surface area (Å²) in [7, 11) is 0. The zero-order valence-electron chi connectivity index (χ0n) is 22.5. The minimum atomic E-state index is -0.216. The predicted molar refractivity (Wildman–Crippen MR) is 137 cm³/mol. The maximum absolute atomic E-state index is 12.5. The Morgan fingerprint density at radius 1 is 1.00 bits per heavy atom. The van der Waals surface area contributed by atoms with Gasteiger partial charge in [-0.15, -0.1) is 0 Å². The van der Waals surface area contributed by atoms with Crippen LogP contribution in [-0.4, -0.2) is 40.5 Å². The summed E-state index contributed by atoms with van der Waals surface area (Å²) in [4.78, 5) is 12.5. The van der Waals surface area contributed by atoms with Gasteiger partial charge < -0.3 is 15.5 Å². The molecule has 0 aromatic rings. The van der Waals surface area contributed by atoms with Crippen molar-refractivity contribution in [3.8, 4) is 0 Å². The number of nitrogens with one attached hydrogen (secondary N) is 1. The molecule has 4 aliphatic carbocycles. The maximum atomic E-state index is 12.5. The average molecular weight is 488 g/mol. The van der Waals surface area contributed by atoms with E-state index < -0.39 is 0 Å². The molecule has 0 bridgehead atoms. The van der Waals surface area contributed by atoms with Crippen LogP contribution in [0.25, 0.3) is 0 Å². The summed E-state index contributed by atoms with van der Waals surface area (Å²) < 4.78 is 0. The molecule has 1 amide bonds. The number of fused-ring (bicyclic) bond motifs is 5. The first-order valence-corrected chi connectivity index (χ1v) is 14.6. The standard InChI is InChI=1S/C29H49N3O3/c1-18(6-9-25(35)30-15-5-12-29(4)31-32-29)21-7-8-22-26-23(11-14-28(21,22)3)27(2)13-10-20(33)16-19(27)17-24(26)34/h18-24,26,33-34H,5-17H2,1-4H3,(H,30,35)/t18-,19?,20-,21-,22+,23+,24+,26+,27+,28-/m1/s1. The van der Waals surface area contributed by atoms with E-state index in [-0.39, 0.29) is 34.6 Å². The summed E-state index contributed by atoms with van der Waals surface area (Å²) in [5.41, 5.74) is 0.392. The fourth-order valence-electron chi connectivity index (χ4n) is 9.66. The Balaban J connectivity index is 1.17. The minimum Gasteiger partial charge on any atom is -0.393 e. The number of aliphatic hydroxyl groups is 2. The molecule has 3 N–H and O–H groups in total. The monoisotopic (exact) mass is 487 g/mol. The molecule has 10 atom stereocenters. The average Bonchev–Trinajstić information content (AvgIpc) is 3.44. The molecule has 5 aliphatic rings. The van der Waals surface area contributed by atoms with Gasteiger partial charge >= 0.3 is 0 Å². The molecule has 6 nitrogen and oxygen atoms in total. The molecule has 4 saturated carbocycles. The summed E-state index contributed by atoms with van der Waals surface area (Å²) >= 11 is 0. The maximum Gasteiger partial charge on any atom is 0.220 e. The number of carbonyl (C=O) groups is 1. The first-order chi connectivity index (χ1) is 16.6. The third kappa shape index (κ3) is 4.71. The molecule has 0 aromatic heterocycles. The molecule has 0 spiro atoms. The van der Waals surface area contributed by atoms with E-state index in [1.807, 2.05) is 6.92 Å². The summed E-state index contributed by atoms with van der Waals surface area (Å²) in [6.45, 7) is 10.1. The zero-order valence-corrected chi connectivity index (χ0v) is 22.5. The van der Waals surface area contributed by atoms with Gasteiger partial charge in [0.05, 0.1) is 12.2 Å². The van der Waals surface area contributed by atoms with Gasteiger partial charge in [0.15, 0.2) is 5.66 Å². The van der Waals surface area contributed by atoms with Gasteiger partial charge in [0.2, 0.25) is 5.91 Å². The largest absolute Gasteiger partial charge is 0.393 e. The lowest BCUT2D eigenvalue weighted by atomic mass is 9.43. The normalized spacial score (nSPS) is 46.3. The van der Waals surface area contributed by atoms with Gasteiger partial charge in [-0.05, 0) is 124 Å². The third-order valence-electron chi connectivity index (χ3n) is 11.8. The van der Waals surface area contributed by atoms with Gasteiger partial charge in [-0.25, -0.2) is 0 Å². The SMILES string of the molecule is C[C@H](CCC(=O)NCCCC1(C)N=N1)[C@H]1CC[C@H]2[C@@H]3[C@@H](O)CC4C[C@H](O)CC[C@]4(C)[C@H]3CC[C@]12C. The fraction of sp³-hybridized carbons (Fsp3) is 0.966. The Hall–Kier alpha value is -1.01. The lowest BCUT2D eigenvalue weighted by Gasteiger charge is -2.62. The van der Waals surface area contributed by atoms with Crippen LogP contribution in [0.2, 0.25) is 0 Å². The smallest absolute Gasteiger partial charge is 0.220 e. The van der Waals surface area contributed by atoms with Crippen LogP contribution in [0, 0.1) is 46.3 Å². The Morgan fingerprint density at radius 2 is 1.71 bits per heavy atom. The third-order valence-corrected chi connectivity index (χ3v) is 11.8. The molecule has 1 unspecified atom stereocenters. The lowest BCUT2D eigenvalue weighted by Crippen LogP contribution is -2.58. The van der Waals surface area contributed by atoms with E-state index in [2.05, 4.69) is 36.3 Å². The number of hydrogen-bond donors (Lipinski definition) is 3. The van der Waals surface area contributed by atoms with Crippen molar-refractivity contribution < 1.29 is 15.0 Å². The van der Waals surface area contributed by atoms with Crippen molar-refractivity contribution in [2.75, 3.05) is 6.54 Å². The van der Waals surface area contributed by atoms with Crippen LogP contribution < -0.4 is 5.32 Å². The van der Waals surface area contributed by atoms with Crippen molar-refractivity contribution in [3.05, 3.63) is 0 Å². The van der Waals surface area contributed by atoms with E-state index >= 15 is 0 Å². The van der Waals surface area contributed by atoms with Crippen molar-refractivity contribution in [1.82, 2.24) is 5.32 Å². The Morgan fingerprint density at radius 3 is 2.46 bits per heavy atom. The Bertz CT molecular complexity index is 826. The van der Waals surface area contributed by atoms with Crippen LogP contribution in [-0.2, 0) is 4.79 Å². The van der Waals surface area contributed by atoms with Crippen LogP contribution in [0.1, 0.15) is 105 Å². The molecule has 198 valence electrons. The molecule has 1 heterocycles. The van der Waals surface area contributed by atoms with E-state index in [0.717, 1.165) is 51.5 Å². The van der Waals surface area contributed by atoms with Crippen LogP contribution >= 0.6 is 0 Å². The topological polar surface area (TPSA) is 94.3 Å². The van der Waals surface area contributed by atoms with Crippen molar-refractivity contribution >= 4 is 5.91 Å². The van der Waals surface area contributed by atoms with Gasteiger partial charge in [-0.2, -0.15) is 10.2 Å². The van der Waals surface area contributed by atoms with Gasteiger partial charge in [0.1, 0.15) is 0 Å². The molecule has 5 rings (SSSR count). The second kappa shape index (κ2) is 9.38. The molecule has 35 heavy (non-hydrogen) atoms.